The minimum atomic E-state index is -0.339. The third-order valence-electron chi connectivity index (χ3n) is 6.22. The zero-order valence-electron chi connectivity index (χ0n) is 20.6. The monoisotopic (exact) mass is 478 g/mol. The number of carbonyl (C=O) groups excluding carboxylic acids is 1. The van der Waals surface area contributed by atoms with Crippen LogP contribution in [0.15, 0.2) is 54.6 Å². The summed E-state index contributed by atoms with van der Waals surface area (Å²) < 4.78 is 27.2. The van der Waals surface area contributed by atoms with Crippen molar-refractivity contribution >= 4 is 11.7 Å². The first-order valence-corrected chi connectivity index (χ1v) is 11.2. The van der Waals surface area contributed by atoms with Gasteiger partial charge < -0.3 is 33.9 Å². The van der Waals surface area contributed by atoms with Gasteiger partial charge in [-0.3, -0.25) is 0 Å². The molecular formula is C27H30N2O6. The van der Waals surface area contributed by atoms with Crippen molar-refractivity contribution in [2.75, 3.05) is 47.4 Å². The van der Waals surface area contributed by atoms with E-state index in [4.69, 9.17) is 23.7 Å². The van der Waals surface area contributed by atoms with Gasteiger partial charge in [0.1, 0.15) is 17.2 Å². The molecule has 0 fully saturated rings. The first kappa shape index (κ1) is 24.1. The highest BCUT2D eigenvalue weighted by atomic mass is 16.5. The molecule has 184 valence electrons. The molecular weight excluding hydrogens is 448 g/mol. The van der Waals surface area contributed by atoms with Gasteiger partial charge in [0.05, 0.1) is 47.3 Å². The van der Waals surface area contributed by atoms with Crippen LogP contribution in [-0.2, 0) is 6.42 Å². The van der Waals surface area contributed by atoms with E-state index in [2.05, 4.69) is 5.32 Å². The van der Waals surface area contributed by atoms with Gasteiger partial charge >= 0.3 is 6.03 Å². The van der Waals surface area contributed by atoms with Crippen LogP contribution in [0.4, 0.5) is 10.5 Å². The molecule has 0 saturated heterocycles. The zero-order chi connectivity index (χ0) is 24.9. The molecule has 3 aromatic rings. The second-order valence-electron chi connectivity index (χ2n) is 8.02. The summed E-state index contributed by atoms with van der Waals surface area (Å²) in [7, 11) is 8.00. The number of nitrogens with one attached hydrogen (secondary N) is 1. The van der Waals surface area contributed by atoms with Gasteiger partial charge in [-0.2, -0.15) is 0 Å². The maximum Gasteiger partial charge on any atom is 0.322 e. The first-order chi connectivity index (χ1) is 17.0. The lowest BCUT2D eigenvalue weighted by Crippen LogP contribution is -2.43. The van der Waals surface area contributed by atoms with Gasteiger partial charge in [0, 0.05) is 12.6 Å². The van der Waals surface area contributed by atoms with E-state index in [-0.39, 0.29) is 12.1 Å². The lowest BCUT2D eigenvalue weighted by atomic mass is 9.87. The Morgan fingerprint density at radius 3 is 2.03 bits per heavy atom. The van der Waals surface area contributed by atoms with Gasteiger partial charge in [-0.15, -0.1) is 0 Å². The van der Waals surface area contributed by atoms with E-state index in [9.17, 15) is 4.79 Å². The maximum atomic E-state index is 13.6. The SMILES string of the molecule is COc1ccc(C2c3cc(OC)c(OC)cc3CCN2C(=O)Nc2ccc(OC)cc2OC)cc1. The predicted octanol–water partition coefficient (Wildman–Crippen LogP) is 4.91. The summed E-state index contributed by atoms with van der Waals surface area (Å²) in [6.45, 7) is 0.517. The van der Waals surface area contributed by atoms with Crippen LogP contribution in [0.5, 0.6) is 28.7 Å². The third-order valence-corrected chi connectivity index (χ3v) is 6.22. The number of ether oxygens (including phenoxy) is 5. The average molecular weight is 479 g/mol. The number of fused-ring (bicyclic) bond motifs is 1. The van der Waals surface area contributed by atoms with Crippen LogP contribution in [-0.4, -0.2) is 53.0 Å². The number of nitrogens with zero attached hydrogens (tertiary/aromatic N) is 1. The molecule has 1 heterocycles. The lowest BCUT2D eigenvalue weighted by Gasteiger charge is -2.38. The zero-order valence-corrected chi connectivity index (χ0v) is 20.6. The molecule has 1 aliphatic heterocycles. The highest BCUT2D eigenvalue weighted by Crippen LogP contribution is 2.42. The molecule has 35 heavy (non-hydrogen) atoms. The molecule has 0 saturated carbocycles. The smallest absolute Gasteiger partial charge is 0.322 e. The van der Waals surface area contributed by atoms with E-state index in [1.54, 1.807) is 53.7 Å². The van der Waals surface area contributed by atoms with Crippen LogP contribution < -0.4 is 29.0 Å². The molecule has 0 radical (unpaired) electrons. The number of hydrogen-bond acceptors (Lipinski definition) is 6. The molecule has 1 aliphatic rings. The second kappa shape index (κ2) is 10.5. The molecule has 0 spiro atoms. The number of anilines is 1. The molecule has 1 N–H and O–H groups in total. The van der Waals surface area contributed by atoms with Crippen molar-refractivity contribution in [1.29, 1.82) is 0 Å². The molecule has 0 aromatic heterocycles. The second-order valence-corrected chi connectivity index (χ2v) is 8.02. The van der Waals surface area contributed by atoms with Gasteiger partial charge in [0.2, 0.25) is 0 Å². The average Bonchev–Trinajstić information content (AvgIpc) is 2.91. The summed E-state index contributed by atoms with van der Waals surface area (Å²) in [6.07, 6.45) is 0.676. The Labute approximate surface area is 205 Å². The number of carbonyl (C=O) groups is 1. The molecule has 4 rings (SSSR count). The van der Waals surface area contributed by atoms with E-state index in [1.807, 2.05) is 41.3 Å². The fourth-order valence-corrected chi connectivity index (χ4v) is 4.40. The minimum Gasteiger partial charge on any atom is -0.497 e. The quantitative estimate of drug-likeness (QED) is 0.520. The summed E-state index contributed by atoms with van der Waals surface area (Å²) in [5.41, 5.74) is 3.60. The molecule has 8 nitrogen and oxygen atoms in total. The fourth-order valence-electron chi connectivity index (χ4n) is 4.40. The fraction of sp³-hybridized carbons (Fsp3) is 0.296. The molecule has 0 aliphatic carbocycles. The molecule has 3 aromatic carbocycles. The molecule has 0 bridgehead atoms. The molecule has 2 amide bonds. The number of benzene rings is 3. The Balaban J connectivity index is 1.75. The first-order valence-electron chi connectivity index (χ1n) is 11.2. The highest BCUT2D eigenvalue weighted by molar-refractivity contribution is 5.92. The number of rotatable bonds is 7. The van der Waals surface area contributed by atoms with Crippen LogP contribution >= 0.6 is 0 Å². The van der Waals surface area contributed by atoms with Crippen molar-refractivity contribution < 1.29 is 28.5 Å². The summed E-state index contributed by atoms with van der Waals surface area (Å²) in [5, 5.41) is 3.01. The van der Waals surface area contributed by atoms with Crippen LogP contribution in [0.1, 0.15) is 22.7 Å². The van der Waals surface area contributed by atoms with E-state index < -0.39 is 0 Å². The highest BCUT2D eigenvalue weighted by Gasteiger charge is 2.34. The van der Waals surface area contributed by atoms with E-state index in [1.165, 1.54) is 0 Å². The number of amides is 2. The third kappa shape index (κ3) is 4.77. The molecule has 8 heteroatoms. The largest absolute Gasteiger partial charge is 0.497 e. The summed E-state index contributed by atoms with van der Waals surface area (Å²) in [6, 6.07) is 16.4. The molecule has 1 unspecified atom stereocenters. The van der Waals surface area contributed by atoms with E-state index >= 15 is 0 Å². The predicted molar refractivity (Wildman–Crippen MR) is 133 cm³/mol. The van der Waals surface area contributed by atoms with Crippen molar-refractivity contribution in [2.45, 2.75) is 12.5 Å². The van der Waals surface area contributed by atoms with Crippen molar-refractivity contribution in [3.05, 3.63) is 71.3 Å². The minimum absolute atomic E-state index is 0.241. The van der Waals surface area contributed by atoms with Gasteiger partial charge in [-0.25, -0.2) is 4.79 Å². The van der Waals surface area contributed by atoms with Crippen LogP contribution in [0.25, 0.3) is 0 Å². The molecule has 1 atom stereocenters. The Morgan fingerprint density at radius 2 is 1.40 bits per heavy atom. The summed E-state index contributed by atoms with van der Waals surface area (Å²) in [4.78, 5) is 15.5. The summed E-state index contributed by atoms with van der Waals surface area (Å²) >= 11 is 0. The number of hydrogen-bond donors (Lipinski definition) is 1. The lowest BCUT2D eigenvalue weighted by molar-refractivity contribution is 0.193. The van der Waals surface area contributed by atoms with Crippen molar-refractivity contribution in [3.63, 3.8) is 0 Å². The van der Waals surface area contributed by atoms with Crippen molar-refractivity contribution in [1.82, 2.24) is 4.90 Å². The Bertz CT molecular complexity index is 1200. The van der Waals surface area contributed by atoms with Crippen LogP contribution in [0.2, 0.25) is 0 Å². The van der Waals surface area contributed by atoms with Gasteiger partial charge in [0.15, 0.2) is 11.5 Å². The van der Waals surface area contributed by atoms with Gasteiger partial charge in [-0.05, 0) is 59.5 Å². The number of methoxy groups -OCH3 is 5. The van der Waals surface area contributed by atoms with Gasteiger partial charge in [-0.1, -0.05) is 12.1 Å². The van der Waals surface area contributed by atoms with Crippen molar-refractivity contribution in [2.24, 2.45) is 0 Å². The number of urea groups is 1. The summed E-state index contributed by atoms with van der Waals surface area (Å²) in [5.74, 6) is 3.19. The topological polar surface area (TPSA) is 78.5 Å². The van der Waals surface area contributed by atoms with E-state index in [0.29, 0.717) is 41.7 Å². The van der Waals surface area contributed by atoms with Crippen molar-refractivity contribution in [3.8, 4) is 28.7 Å². The Hall–Kier alpha value is -4.07. The van der Waals surface area contributed by atoms with Crippen LogP contribution in [0, 0.1) is 0 Å². The normalized spacial score (nSPS) is 14.5. The standard InChI is InChI=1S/C27H30N2O6/c1-31-19-8-6-17(7-9-19)26-21-16-25(35-5)24(34-4)14-18(21)12-13-29(26)27(30)28-22-11-10-20(32-2)15-23(22)33-3/h6-11,14-16,26H,12-13H2,1-5H3,(H,28,30). The van der Waals surface area contributed by atoms with E-state index in [0.717, 1.165) is 22.4 Å². The van der Waals surface area contributed by atoms with Gasteiger partial charge in [0.25, 0.3) is 0 Å². The Kier molecular flexibility index (Phi) is 7.19. The van der Waals surface area contributed by atoms with Crippen LogP contribution in [0.3, 0.4) is 0 Å². The maximum absolute atomic E-state index is 13.6. The Morgan fingerprint density at radius 1 is 0.771 bits per heavy atom.